The molecular formula is C26H22N2O2. The molecule has 1 atom stereocenters. The molecule has 1 unspecified atom stereocenters. The highest BCUT2D eigenvalue weighted by molar-refractivity contribution is 6.03. The summed E-state index contributed by atoms with van der Waals surface area (Å²) >= 11 is 0. The number of aryl methyl sites for hydroxylation is 1. The molecule has 4 nitrogen and oxygen atoms in total. The van der Waals surface area contributed by atoms with Crippen molar-refractivity contribution < 1.29 is 9.15 Å². The first kappa shape index (κ1) is 18.3. The van der Waals surface area contributed by atoms with Crippen LogP contribution in [0, 0.1) is 6.92 Å². The summed E-state index contributed by atoms with van der Waals surface area (Å²) in [4.78, 5) is 5.05. The quantitative estimate of drug-likeness (QED) is 0.513. The second-order valence-corrected chi connectivity index (χ2v) is 7.47. The minimum Gasteiger partial charge on any atom is -0.497 e. The van der Waals surface area contributed by atoms with Gasteiger partial charge in [-0.3, -0.25) is 0 Å². The fourth-order valence-corrected chi connectivity index (χ4v) is 4.25. The number of furan rings is 1. The predicted octanol–water partition coefficient (Wildman–Crippen LogP) is 5.27. The van der Waals surface area contributed by atoms with Gasteiger partial charge < -0.3 is 14.9 Å². The summed E-state index contributed by atoms with van der Waals surface area (Å²) in [5.74, 6) is 3.06. The Balaban J connectivity index is 1.77. The fourth-order valence-electron chi connectivity index (χ4n) is 4.25. The van der Waals surface area contributed by atoms with Crippen LogP contribution in [0.25, 0.3) is 11.3 Å². The summed E-state index contributed by atoms with van der Waals surface area (Å²) in [6, 6.07) is 28.5. The van der Waals surface area contributed by atoms with Crippen LogP contribution in [0.1, 0.15) is 28.0 Å². The van der Waals surface area contributed by atoms with E-state index < -0.39 is 5.54 Å². The number of amidine groups is 1. The van der Waals surface area contributed by atoms with Gasteiger partial charge in [-0.15, -0.1) is 0 Å². The smallest absolute Gasteiger partial charge is 0.139 e. The molecule has 1 aliphatic rings. The number of fused-ring (bicyclic) bond motifs is 1. The Morgan fingerprint density at radius 3 is 2.40 bits per heavy atom. The van der Waals surface area contributed by atoms with Crippen molar-refractivity contribution in [3.8, 4) is 17.1 Å². The van der Waals surface area contributed by atoms with Crippen LogP contribution in [-0.2, 0) is 5.54 Å². The van der Waals surface area contributed by atoms with Crippen LogP contribution in [0.3, 0.4) is 0 Å². The maximum Gasteiger partial charge on any atom is 0.139 e. The second-order valence-electron chi connectivity index (χ2n) is 7.47. The zero-order valence-electron chi connectivity index (χ0n) is 16.9. The van der Waals surface area contributed by atoms with E-state index in [1.165, 1.54) is 0 Å². The van der Waals surface area contributed by atoms with E-state index in [9.17, 15) is 0 Å². The van der Waals surface area contributed by atoms with E-state index in [0.29, 0.717) is 5.84 Å². The summed E-state index contributed by atoms with van der Waals surface area (Å²) in [6.07, 6.45) is 0. The Labute approximate surface area is 175 Å². The van der Waals surface area contributed by atoms with Crippen LogP contribution in [-0.4, -0.2) is 12.9 Å². The minimum absolute atomic E-state index is 0.542. The Morgan fingerprint density at radius 2 is 1.67 bits per heavy atom. The van der Waals surface area contributed by atoms with Crippen molar-refractivity contribution in [1.29, 1.82) is 0 Å². The number of hydrogen-bond acceptors (Lipinski definition) is 4. The predicted molar refractivity (Wildman–Crippen MR) is 119 cm³/mol. The van der Waals surface area contributed by atoms with E-state index in [2.05, 4.69) is 36.4 Å². The number of ether oxygens (including phenoxy) is 1. The van der Waals surface area contributed by atoms with Crippen LogP contribution >= 0.6 is 0 Å². The molecule has 0 fully saturated rings. The first-order chi connectivity index (χ1) is 14.6. The van der Waals surface area contributed by atoms with E-state index >= 15 is 0 Å². The van der Waals surface area contributed by atoms with Crippen LogP contribution in [0.2, 0.25) is 0 Å². The molecule has 5 rings (SSSR count). The molecular weight excluding hydrogens is 372 g/mol. The largest absolute Gasteiger partial charge is 0.497 e. The van der Waals surface area contributed by atoms with E-state index in [1.807, 2.05) is 55.5 Å². The van der Waals surface area contributed by atoms with Gasteiger partial charge in [0.1, 0.15) is 28.6 Å². The van der Waals surface area contributed by atoms with E-state index in [-0.39, 0.29) is 0 Å². The lowest BCUT2D eigenvalue weighted by Gasteiger charge is -2.29. The van der Waals surface area contributed by atoms with E-state index in [1.54, 1.807) is 7.11 Å². The van der Waals surface area contributed by atoms with Crippen molar-refractivity contribution in [2.75, 3.05) is 7.11 Å². The molecule has 0 bridgehead atoms. The summed E-state index contributed by atoms with van der Waals surface area (Å²) in [5, 5.41) is 0. The molecule has 0 spiro atoms. The van der Waals surface area contributed by atoms with Gasteiger partial charge in [-0.2, -0.15) is 0 Å². The number of aliphatic imine (C=N–C) groups is 1. The van der Waals surface area contributed by atoms with Crippen molar-refractivity contribution in [3.63, 3.8) is 0 Å². The van der Waals surface area contributed by atoms with Crippen LogP contribution in [0.4, 0.5) is 0 Å². The zero-order valence-corrected chi connectivity index (χ0v) is 16.9. The van der Waals surface area contributed by atoms with Gasteiger partial charge in [0.05, 0.1) is 7.11 Å². The molecule has 30 heavy (non-hydrogen) atoms. The topological polar surface area (TPSA) is 60.8 Å². The lowest BCUT2D eigenvalue weighted by Crippen LogP contribution is -2.25. The van der Waals surface area contributed by atoms with Crippen molar-refractivity contribution in [2.45, 2.75) is 12.5 Å². The van der Waals surface area contributed by atoms with E-state index in [0.717, 1.165) is 45.1 Å². The molecule has 0 saturated heterocycles. The molecule has 3 aromatic carbocycles. The van der Waals surface area contributed by atoms with E-state index in [4.69, 9.17) is 19.9 Å². The number of rotatable bonds is 4. The summed E-state index contributed by atoms with van der Waals surface area (Å²) in [7, 11) is 1.67. The third-order valence-electron chi connectivity index (χ3n) is 5.69. The molecule has 148 valence electrons. The standard InChI is InChI=1S/C26H22N2O2/c1-17-10-15-24(30-17)18-6-5-7-20(16-18)26(19-11-13-21(29-2)14-12-19)23-9-4-3-8-22(23)25(27)28-26/h3-16H,1-2H3,(H2,27,28). The van der Waals surface area contributed by atoms with Gasteiger partial charge in [0.25, 0.3) is 0 Å². The monoisotopic (exact) mass is 394 g/mol. The molecule has 1 aliphatic heterocycles. The van der Waals surface area contributed by atoms with Gasteiger partial charge in [-0.25, -0.2) is 4.99 Å². The van der Waals surface area contributed by atoms with Gasteiger partial charge in [0.15, 0.2) is 0 Å². The molecule has 2 heterocycles. The number of methoxy groups -OCH3 is 1. The van der Waals surface area contributed by atoms with Gasteiger partial charge >= 0.3 is 0 Å². The Bertz CT molecular complexity index is 1250. The summed E-state index contributed by atoms with van der Waals surface area (Å²) in [5.41, 5.74) is 10.8. The number of nitrogens with zero attached hydrogens (tertiary/aromatic N) is 1. The van der Waals surface area contributed by atoms with Crippen LogP contribution < -0.4 is 10.5 Å². The summed E-state index contributed by atoms with van der Waals surface area (Å²) in [6.45, 7) is 1.95. The first-order valence-corrected chi connectivity index (χ1v) is 9.89. The van der Waals surface area contributed by atoms with Gasteiger partial charge in [0, 0.05) is 11.1 Å². The fraction of sp³-hybridized carbons (Fsp3) is 0.115. The average molecular weight is 394 g/mol. The normalized spacial score (nSPS) is 17.5. The lowest BCUT2D eigenvalue weighted by molar-refractivity contribution is 0.414. The molecule has 4 heteroatoms. The highest BCUT2D eigenvalue weighted by Crippen LogP contribution is 2.46. The van der Waals surface area contributed by atoms with Gasteiger partial charge in [-0.05, 0) is 53.9 Å². The van der Waals surface area contributed by atoms with Crippen LogP contribution in [0.15, 0.2) is 94.3 Å². The highest BCUT2D eigenvalue weighted by Gasteiger charge is 2.42. The van der Waals surface area contributed by atoms with Crippen molar-refractivity contribution >= 4 is 5.84 Å². The Morgan fingerprint density at radius 1 is 0.867 bits per heavy atom. The number of benzene rings is 3. The zero-order chi connectivity index (χ0) is 20.7. The Hall–Kier alpha value is -3.79. The third-order valence-corrected chi connectivity index (χ3v) is 5.69. The van der Waals surface area contributed by atoms with Crippen molar-refractivity contribution in [2.24, 2.45) is 10.7 Å². The van der Waals surface area contributed by atoms with Gasteiger partial charge in [-0.1, -0.05) is 54.6 Å². The van der Waals surface area contributed by atoms with Crippen molar-refractivity contribution in [3.05, 3.63) is 113 Å². The summed E-state index contributed by atoms with van der Waals surface area (Å²) < 4.78 is 11.2. The molecule has 1 aromatic heterocycles. The number of hydrogen-bond donors (Lipinski definition) is 1. The van der Waals surface area contributed by atoms with Gasteiger partial charge in [0.2, 0.25) is 0 Å². The molecule has 0 saturated carbocycles. The molecule has 0 amide bonds. The number of nitrogens with two attached hydrogens (primary N) is 1. The maximum absolute atomic E-state index is 6.41. The minimum atomic E-state index is -0.732. The molecule has 0 radical (unpaired) electrons. The third kappa shape index (κ3) is 2.72. The second kappa shape index (κ2) is 6.92. The molecule has 0 aliphatic carbocycles. The van der Waals surface area contributed by atoms with Crippen LogP contribution in [0.5, 0.6) is 5.75 Å². The SMILES string of the molecule is COc1ccc(C2(c3cccc(-c4ccc(C)o4)c3)N=C(N)c3ccccc32)cc1. The Kier molecular flexibility index (Phi) is 4.21. The highest BCUT2D eigenvalue weighted by atomic mass is 16.5. The maximum atomic E-state index is 6.41. The molecule has 4 aromatic rings. The first-order valence-electron chi connectivity index (χ1n) is 9.89. The average Bonchev–Trinajstić information content (AvgIpc) is 3.36. The van der Waals surface area contributed by atoms with Crippen molar-refractivity contribution in [1.82, 2.24) is 0 Å². The lowest BCUT2D eigenvalue weighted by atomic mass is 9.77. The molecule has 2 N–H and O–H groups in total.